The molecule has 0 fully saturated rings. The van der Waals surface area contributed by atoms with Crippen molar-refractivity contribution in [3.05, 3.63) is 30.0 Å². The highest BCUT2D eigenvalue weighted by molar-refractivity contribution is 5.62. The van der Waals surface area contributed by atoms with Crippen molar-refractivity contribution in [2.75, 3.05) is 14.2 Å². The summed E-state index contributed by atoms with van der Waals surface area (Å²) in [4.78, 5) is 0. The lowest BCUT2D eigenvalue weighted by Crippen LogP contribution is -1.88. The van der Waals surface area contributed by atoms with Crippen molar-refractivity contribution in [3.63, 3.8) is 0 Å². The number of hydrogen-bond donors (Lipinski definition) is 0. The Morgan fingerprint density at radius 3 is 2.06 bits per heavy atom. The van der Waals surface area contributed by atoms with Gasteiger partial charge in [-0.15, -0.1) is 0 Å². The first-order valence-electron chi connectivity index (χ1n) is 4.89. The van der Waals surface area contributed by atoms with Crippen molar-refractivity contribution in [1.82, 2.24) is 5.16 Å². The Morgan fingerprint density at radius 2 is 1.62 bits per heavy atom. The van der Waals surface area contributed by atoms with Gasteiger partial charge in [-0.3, -0.25) is 0 Å². The smallest absolute Gasteiger partial charge is 0.167 e. The molecule has 0 aliphatic rings. The van der Waals surface area contributed by atoms with E-state index in [0.717, 1.165) is 22.8 Å². The van der Waals surface area contributed by atoms with Crippen LogP contribution >= 0.6 is 0 Å². The summed E-state index contributed by atoms with van der Waals surface area (Å²) in [5, 5.41) is 3.85. The van der Waals surface area contributed by atoms with E-state index in [1.807, 2.05) is 31.2 Å². The van der Waals surface area contributed by atoms with Gasteiger partial charge in [0, 0.05) is 17.7 Å². The molecule has 0 spiro atoms. The number of aromatic nitrogens is 1. The van der Waals surface area contributed by atoms with Gasteiger partial charge in [-0.1, -0.05) is 5.16 Å². The summed E-state index contributed by atoms with van der Waals surface area (Å²) in [5.41, 5.74) is 1.73. The molecule has 0 bridgehead atoms. The van der Waals surface area contributed by atoms with E-state index in [9.17, 15) is 0 Å². The zero-order chi connectivity index (χ0) is 11.5. The molecule has 1 aromatic carbocycles. The molecule has 84 valence electrons. The Kier molecular flexibility index (Phi) is 2.81. The fraction of sp³-hybridized carbons (Fsp3) is 0.250. The van der Waals surface area contributed by atoms with E-state index < -0.39 is 0 Å². The summed E-state index contributed by atoms with van der Waals surface area (Å²) in [6, 6.07) is 7.44. The maximum absolute atomic E-state index is 5.19. The summed E-state index contributed by atoms with van der Waals surface area (Å²) in [6.45, 7) is 1.88. The maximum atomic E-state index is 5.19. The van der Waals surface area contributed by atoms with Crippen LogP contribution in [0.5, 0.6) is 11.5 Å². The first-order valence-corrected chi connectivity index (χ1v) is 4.89. The number of aryl methyl sites for hydroxylation is 1. The van der Waals surface area contributed by atoms with Crippen LogP contribution in [-0.2, 0) is 0 Å². The van der Waals surface area contributed by atoms with Gasteiger partial charge >= 0.3 is 0 Å². The zero-order valence-electron chi connectivity index (χ0n) is 9.48. The van der Waals surface area contributed by atoms with Gasteiger partial charge in [0.1, 0.15) is 11.5 Å². The molecule has 0 amide bonds. The van der Waals surface area contributed by atoms with Crippen LogP contribution in [0.4, 0.5) is 0 Å². The summed E-state index contributed by atoms with van der Waals surface area (Å²) in [5.74, 6) is 2.15. The van der Waals surface area contributed by atoms with Crippen molar-refractivity contribution in [2.45, 2.75) is 6.92 Å². The van der Waals surface area contributed by atoms with Gasteiger partial charge in [-0.2, -0.15) is 0 Å². The zero-order valence-corrected chi connectivity index (χ0v) is 9.48. The van der Waals surface area contributed by atoms with Gasteiger partial charge in [0.05, 0.1) is 19.9 Å². The minimum Gasteiger partial charge on any atom is -0.497 e. The lowest BCUT2D eigenvalue weighted by Gasteiger charge is -2.06. The molecule has 0 saturated heterocycles. The minimum absolute atomic E-state index is 0.703. The fourth-order valence-electron chi connectivity index (χ4n) is 1.45. The van der Waals surface area contributed by atoms with Crippen molar-refractivity contribution in [2.24, 2.45) is 0 Å². The predicted octanol–water partition coefficient (Wildman–Crippen LogP) is 2.67. The Balaban J connectivity index is 2.47. The fourth-order valence-corrected chi connectivity index (χ4v) is 1.45. The third kappa shape index (κ3) is 2.00. The summed E-state index contributed by atoms with van der Waals surface area (Å²) >= 11 is 0. The molecular weight excluding hydrogens is 206 g/mol. The lowest BCUT2D eigenvalue weighted by atomic mass is 10.1. The van der Waals surface area contributed by atoms with Gasteiger partial charge in [-0.05, 0) is 19.1 Å². The molecule has 0 aliphatic heterocycles. The third-order valence-corrected chi connectivity index (χ3v) is 2.26. The highest BCUT2D eigenvalue weighted by Crippen LogP contribution is 2.29. The highest BCUT2D eigenvalue weighted by atomic mass is 16.5. The SMILES string of the molecule is COc1cc(OC)cc(-c2cc(C)no2)c1. The van der Waals surface area contributed by atoms with Crippen molar-refractivity contribution in [1.29, 1.82) is 0 Å². The Labute approximate surface area is 93.8 Å². The van der Waals surface area contributed by atoms with Gasteiger partial charge in [-0.25, -0.2) is 0 Å². The van der Waals surface area contributed by atoms with Crippen molar-refractivity contribution >= 4 is 0 Å². The standard InChI is InChI=1S/C12H13NO3/c1-8-4-12(16-13-8)9-5-10(14-2)7-11(6-9)15-3/h4-7H,1-3H3. The molecule has 4 nitrogen and oxygen atoms in total. The van der Waals surface area contributed by atoms with Crippen LogP contribution in [-0.4, -0.2) is 19.4 Å². The second-order valence-corrected chi connectivity index (χ2v) is 3.43. The molecule has 16 heavy (non-hydrogen) atoms. The van der Waals surface area contributed by atoms with Crippen molar-refractivity contribution < 1.29 is 14.0 Å². The van der Waals surface area contributed by atoms with E-state index in [0.29, 0.717) is 5.76 Å². The number of rotatable bonds is 3. The summed E-state index contributed by atoms with van der Waals surface area (Å²) < 4.78 is 15.6. The first kappa shape index (κ1) is 10.5. The van der Waals surface area contributed by atoms with Crippen LogP contribution in [0, 0.1) is 6.92 Å². The number of benzene rings is 1. The third-order valence-electron chi connectivity index (χ3n) is 2.26. The van der Waals surface area contributed by atoms with Crippen LogP contribution < -0.4 is 9.47 Å². The van der Waals surface area contributed by atoms with E-state index in [1.54, 1.807) is 14.2 Å². The molecule has 1 heterocycles. The van der Waals surface area contributed by atoms with Crippen LogP contribution in [0.25, 0.3) is 11.3 Å². The molecule has 0 N–H and O–H groups in total. The molecule has 0 unspecified atom stereocenters. The van der Waals surface area contributed by atoms with Crippen molar-refractivity contribution in [3.8, 4) is 22.8 Å². The molecule has 2 rings (SSSR count). The van der Waals surface area contributed by atoms with Crippen LogP contribution in [0.1, 0.15) is 5.69 Å². The van der Waals surface area contributed by atoms with E-state index in [1.165, 1.54) is 0 Å². The van der Waals surface area contributed by atoms with Crippen LogP contribution in [0.2, 0.25) is 0 Å². The van der Waals surface area contributed by atoms with Crippen LogP contribution in [0.3, 0.4) is 0 Å². The van der Waals surface area contributed by atoms with Gasteiger partial charge in [0.15, 0.2) is 5.76 Å². The Morgan fingerprint density at radius 1 is 1.00 bits per heavy atom. The van der Waals surface area contributed by atoms with Gasteiger partial charge < -0.3 is 14.0 Å². The average molecular weight is 219 g/mol. The minimum atomic E-state index is 0.703. The number of hydrogen-bond acceptors (Lipinski definition) is 4. The molecule has 0 atom stereocenters. The molecule has 0 saturated carbocycles. The topological polar surface area (TPSA) is 44.5 Å². The second kappa shape index (κ2) is 4.26. The number of ether oxygens (including phenoxy) is 2. The summed E-state index contributed by atoms with van der Waals surface area (Å²) in [7, 11) is 3.23. The summed E-state index contributed by atoms with van der Waals surface area (Å²) in [6.07, 6.45) is 0. The highest BCUT2D eigenvalue weighted by Gasteiger charge is 2.08. The predicted molar refractivity (Wildman–Crippen MR) is 59.8 cm³/mol. The average Bonchev–Trinajstić information content (AvgIpc) is 2.75. The molecule has 2 aromatic rings. The normalized spacial score (nSPS) is 10.2. The second-order valence-electron chi connectivity index (χ2n) is 3.43. The molecule has 0 radical (unpaired) electrons. The van der Waals surface area contributed by atoms with E-state index in [-0.39, 0.29) is 0 Å². The number of methoxy groups -OCH3 is 2. The van der Waals surface area contributed by atoms with Crippen LogP contribution in [0.15, 0.2) is 28.8 Å². The number of nitrogens with zero attached hydrogens (tertiary/aromatic N) is 1. The monoisotopic (exact) mass is 219 g/mol. The lowest BCUT2D eigenvalue weighted by molar-refractivity contribution is 0.393. The maximum Gasteiger partial charge on any atom is 0.167 e. The van der Waals surface area contributed by atoms with E-state index in [2.05, 4.69) is 5.16 Å². The largest absolute Gasteiger partial charge is 0.497 e. The quantitative estimate of drug-likeness (QED) is 0.796. The Bertz CT molecular complexity index is 469. The molecule has 4 heteroatoms. The van der Waals surface area contributed by atoms with Gasteiger partial charge in [0.25, 0.3) is 0 Å². The molecule has 0 aliphatic carbocycles. The van der Waals surface area contributed by atoms with E-state index >= 15 is 0 Å². The van der Waals surface area contributed by atoms with E-state index in [4.69, 9.17) is 14.0 Å². The first-order chi connectivity index (χ1) is 7.72. The Hall–Kier alpha value is -1.97. The molecule has 1 aromatic heterocycles. The van der Waals surface area contributed by atoms with Gasteiger partial charge in [0.2, 0.25) is 0 Å². The molecular formula is C12H13NO3.